The number of carbonyl (C=O) groups is 2. The van der Waals surface area contributed by atoms with Crippen LogP contribution in [0, 0.1) is 0 Å². The highest BCUT2D eigenvalue weighted by atomic mass is 16.3. The van der Waals surface area contributed by atoms with E-state index in [0.29, 0.717) is 6.54 Å². The minimum Gasteiger partial charge on any atom is -0.468 e. The molecule has 5 nitrogen and oxygen atoms in total. The van der Waals surface area contributed by atoms with Gasteiger partial charge in [0.05, 0.1) is 25.3 Å². The smallest absolute Gasteiger partial charge is 0.247 e. The molecule has 1 saturated heterocycles. The van der Waals surface area contributed by atoms with E-state index in [0.717, 1.165) is 31.4 Å². The number of carbonyl (C=O) groups excluding carboxylic acids is 2. The zero-order valence-corrected chi connectivity index (χ0v) is 10.8. The average molecular weight is 262 g/mol. The molecular weight excluding hydrogens is 244 g/mol. The van der Waals surface area contributed by atoms with Crippen molar-refractivity contribution >= 4 is 11.8 Å². The summed E-state index contributed by atoms with van der Waals surface area (Å²) in [7, 11) is 0. The molecular formula is C14H18N2O3. The number of likely N-dealkylation sites (tertiary alicyclic amines) is 1. The van der Waals surface area contributed by atoms with E-state index in [9.17, 15) is 9.59 Å². The number of imide groups is 1. The number of hydrogen-bond acceptors (Lipinski definition) is 4. The molecule has 102 valence electrons. The Labute approximate surface area is 111 Å². The fourth-order valence-electron chi connectivity index (χ4n) is 2.99. The van der Waals surface area contributed by atoms with Crippen LogP contribution in [-0.4, -0.2) is 28.8 Å². The van der Waals surface area contributed by atoms with Crippen LogP contribution in [0.5, 0.6) is 0 Å². The van der Waals surface area contributed by atoms with Gasteiger partial charge in [-0.2, -0.15) is 0 Å². The van der Waals surface area contributed by atoms with Gasteiger partial charge in [-0.05, 0) is 25.0 Å². The van der Waals surface area contributed by atoms with Crippen LogP contribution in [0.4, 0.5) is 0 Å². The molecule has 2 aliphatic rings. The van der Waals surface area contributed by atoms with E-state index < -0.39 is 6.04 Å². The van der Waals surface area contributed by atoms with Crippen molar-refractivity contribution in [1.82, 2.24) is 10.2 Å². The minimum atomic E-state index is -0.391. The fraction of sp³-hybridized carbons (Fsp3) is 0.571. The number of nitrogens with zero attached hydrogens (tertiary/aromatic N) is 1. The molecule has 0 radical (unpaired) electrons. The molecule has 0 bridgehead atoms. The largest absolute Gasteiger partial charge is 0.468 e. The van der Waals surface area contributed by atoms with Crippen LogP contribution in [0.1, 0.15) is 37.9 Å². The minimum absolute atomic E-state index is 0.0335. The van der Waals surface area contributed by atoms with Gasteiger partial charge < -0.3 is 4.42 Å². The first-order chi connectivity index (χ1) is 9.25. The predicted molar refractivity (Wildman–Crippen MR) is 68.1 cm³/mol. The second-order valence-corrected chi connectivity index (χ2v) is 5.26. The molecule has 1 atom stereocenters. The van der Waals surface area contributed by atoms with E-state index in [1.165, 1.54) is 4.90 Å². The van der Waals surface area contributed by atoms with Crippen molar-refractivity contribution in [2.24, 2.45) is 0 Å². The molecule has 1 N–H and O–H groups in total. The summed E-state index contributed by atoms with van der Waals surface area (Å²) in [6.07, 6.45) is 6.03. The van der Waals surface area contributed by atoms with Gasteiger partial charge in [0, 0.05) is 6.04 Å². The molecule has 3 rings (SSSR count). The zero-order chi connectivity index (χ0) is 13.2. The van der Waals surface area contributed by atoms with Crippen LogP contribution in [0.3, 0.4) is 0 Å². The summed E-state index contributed by atoms with van der Waals surface area (Å²) in [5.74, 6) is 0.678. The number of furan rings is 1. The van der Waals surface area contributed by atoms with Gasteiger partial charge in [0.2, 0.25) is 11.8 Å². The second-order valence-electron chi connectivity index (χ2n) is 5.26. The van der Waals surface area contributed by atoms with E-state index in [-0.39, 0.29) is 24.3 Å². The van der Waals surface area contributed by atoms with Crippen LogP contribution >= 0.6 is 0 Å². The summed E-state index contributed by atoms with van der Waals surface area (Å²) in [5, 5.41) is 3.11. The fourth-order valence-corrected chi connectivity index (χ4v) is 2.99. The number of hydrogen-bond donors (Lipinski definition) is 1. The molecule has 2 heterocycles. The first-order valence-corrected chi connectivity index (χ1v) is 6.87. The van der Waals surface area contributed by atoms with Gasteiger partial charge in [-0.15, -0.1) is 0 Å². The lowest BCUT2D eigenvalue weighted by atomic mass is 10.2. The standard InChI is InChI=1S/C14H18N2O3/c17-13-8-12(15-9-11-6-3-7-19-11)14(18)16(13)10-4-1-2-5-10/h3,6-7,10,12,15H,1-2,4-5,8-9H2. The first kappa shape index (κ1) is 12.4. The lowest BCUT2D eigenvalue weighted by Gasteiger charge is -2.22. The van der Waals surface area contributed by atoms with Gasteiger partial charge in [0.15, 0.2) is 0 Å². The van der Waals surface area contributed by atoms with Gasteiger partial charge >= 0.3 is 0 Å². The van der Waals surface area contributed by atoms with E-state index in [2.05, 4.69) is 5.32 Å². The zero-order valence-electron chi connectivity index (χ0n) is 10.8. The number of nitrogens with one attached hydrogen (secondary N) is 1. The van der Waals surface area contributed by atoms with Crippen molar-refractivity contribution in [1.29, 1.82) is 0 Å². The Balaban J connectivity index is 1.61. The first-order valence-electron chi connectivity index (χ1n) is 6.87. The molecule has 0 spiro atoms. The molecule has 2 fully saturated rings. The predicted octanol–water partition coefficient (Wildman–Crippen LogP) is 1.44. The van der Waals surface area contributed by atoms with Gasteiger partial charge in [-0.3, -0.25) is 19.8 Å². The molecule has 19 heavy (non-hydrogen) atoms. The summed E-state index contributed by atoms with van der Waals surface area (Å²) >= 11 is 0. The highest BCUT2D eigenvalue weighted by Crippen LogP contribution is 2.28. The SMILES string of the molecule is O=C1CC(NCc2ccco2)C(=O)N1C1CCCC1. The highest BCUT2D eigenvalue weighted by molar-refractivity contribution is 6.05. The summed E-state index contributed by atoms with van der Waals surface area (Å²) in [4.78, 5) is 25.8. The topological polar surface area (TPSA) is 62.6 Å². The molecule has 1 aromatic rings. The van der Waals surface area contributed by atoms with Crippen molar-refractivity contribution in [3.05, 3.63) is 24.2 Å². The Bertz CT molecular complexity index is 463. The molecule has 1 unspecified atom stereocenters. The van der Waals surface area contributed by atoms with E-state index in [4.69, 9.17) is 4.42 Å². The van der Waals surface area contributed by atoms with Crippen molar-refractivity contribution in [3.8, 4) is 0 Å². The van der Waals surface area contributed by atoms with Crippen LogP contribution in [-0.2, 0) is 16.1 Å². The number of amides is 2. The van der Waals surface area contributed by atoms with Crippen molar-refractivity contribution in [3.63, 3.8) is 0 Å². The van der Waals surface area contributed by atoms with E-state index >= 15 is 0 Å². The molecule has 1 aromatic heterocycles. The Morgan fingerprint density at radius 2 is 2.11 bits per heavy atom. The summed E-state index contributed by atoms with van der Waals surface area (Å²) in [6, 6.07) is 3.40. The summed E-state index contributed by atoms with van der Waals surface area (Å²) in [6.45, 7) is 0.481. The molecule has 1 aliphatic heterocycles. The molecule has 2 amide bonds. The van der Waals surface area contributed by atoms with Crippen LogP contribution in [0.15, 0.2) is 22.8 Å². The average Bonchev–Trinajstić information content (AvgIpc) is 3.09. The van der Waals surface area contributed by atoms with Gasteiger partial charge in [0.25, 0.3) is 0 Å². The van der Waals surface area contributed by atoms with Crippen molar-refractivity contribution < 1.29 is 14.0 Å². The second kappa shape index (κ2) is 5.17. The Kier molecular flexibility index (Phi) is 3.38. The van der Waals surface area contributed by atoms with Gasteiger partial charge in [-0.25, -0.2) is 0 Å². The van der Waals surface area contributed by atoms with Crippen molar-refractivity contribution in [2.75, 3.05) is 0 Å². The Hall–Kier alpha value is -1.62. The molecule has 1 aliphatic carbocycles. The monoisotopic (exact) mass is 262 g/mol. The Morgan fingerprint density at radius 1 is 1.32 bits per heavy atom. The highest BCUT2D eigenvalue weighted by Gasteiger charge is 2.42. The summed E-state index contributed by atoms with van der Waals surface area (Å²) in [5.41, 5.74) is 0. The van der Waals surface area contributed by atoms with Gasteiger partial charge in [-0.1, -0.05) is 12.8 Å². The third-order valence-corrected chi connectivity index (χ3v) is 3.98. The normalized spacial score (nSPS) is 24.6. The molecule has 1 saturated carbocycles. The summed E-state index contributed by atoms with van der Waals surface area (Å²) < 4.78 is 5.21. The quantitative estimate of drug-likeness (QED) is 0.834. The van der Waals surface area contributed by atoms with Crippen molar-refractivity contribution in [2.45, 2.75) is 50.7 Å². The van der Waals surface area contributed by atoms with Crippen LogP contribution < -0.4 is 5.32 Å². The van der Waals surface area contributed by atoms with Crippen LogP contribution in [0.2, 0.25) is 0 Å². The van der Waals surface area contributed by atoms with E-state index in [1.807, 2.05) is 12.1 Å². The molecule has 5 heteroatoms. The Morgan fingerprint density at radius 3 is 2.79 bits per heavy atom. The maximum Gasteiger partial charge on any atom is 0.247 e. The van der Waals surface area contributed by atoms with Gasteiger partial charge in [0.1, 0.15) is 5.76 Å². The van der Waals surface area contributed by atoms with Crippen LogP contribution in [0.25, 0.3) is 0 Å². The third kappa shape index (κ3) is 2.42. The number of rotatable bonds is 4. The molecule has 0 aromatic carbocycles. The maximum absolute atomic E-state index is 12.3. The van der Waals surface area contributed by atoms with E-state index in [1.54, 1.807) is 6.26 Å². The maximum atomic E-state index is 12.3. The third-order valence-electron chi connectivity index (χ3n) is 3.98. The lowest BCUT2D eigenvalue weighted by Crippen LogP contribution is -2.42. The lowest BCUT2D eigenvalue weighted by molar-refractivity contribution is -0.141.